The highest BCUT2D eigenvalue weighted by Crippen LogP contribution is 2.24. The lowest BCUT2D eigenvalue weighted by molar-refractivity contribution is 0.0576. The summed E-state index contributed by atoms with van der Waals surface area (Å²) >= 11 is 0. The summed E-state index contributed by atoms with van der Waals surface area (Å²) in [7, 11) is 2.08. The van der Waals surface area contributed by atoms with Crippen molar-refractivity contribution in [3.8, 4) is 0 Å². The van der Waals surface area contributed by atoms with Gasteiger partial charge in [0, 0.05) is 25.8 Å². The predicted molar refractivity (Wildman–Crippen MR) is 77.3 cm³/mol. The van der Waals surface area contributed by atoms with Gasteiger partial charge in [0.2, 0.25) is 0 Å². The summed E-state index contributed by atoms with van der Waals surface area (Å²) in [5.41, 5.74) is 7.05. The van der Waals surface area contributed by atoms with Crippen molar-refractivity contribution in [2.24, 2.45) is 5.92 Å². The number of rotatable bonds is 5. The summed E-state index contributed by atoms with van der Waals surface area (Å²) in [6, 6.07) is 0. The van der Waals surface area contributed by atoms with E-state index in [1.54, 1.807) is 6.33 Å². The average Bonchev–Trinajstić information content (AvgIpc) is 2.42. The molecule has 1 aromatic rings. The van der Waals surface area contributed by atoms with Gasteiger partial charge < -0.3 is 15.4 Å². The standard InChI is InChI=1S/C14H24N4O/c1-3-5-12-13(15)16-10-17-14(12)18(2)8-11-6-4-7-19-9-11/h10-11H,3-9H2,1-2H3,(H2,15,16,17). The van der Waals surface area contributed by atoms with Crippen LogP contribution < -0.4 is 10.6 Å². The number of nitrogens with two attached hydrogens (primary N) is 1. The van der Waals surface area contributed by atoms with Crippen LogP contribution in [0.4, 0.5) is 11.6 Å². The van der Waals surface area contributed by atoms with Crippen LogP contribution in [0.2, 0.25) is 0 Å². The fraction of sp³-hybridized carbons (Fsp3) is 0.714. The van der Waals surface area contributed by atoms with Gasteiger partial charge in [-0.1, -0.05) is 13.3 Å². The molecule has 1 atom stereocenters. The molecule has 0 saturated carbocycles. The van der Waals surface area contributed by atoms with Gasteiger partial charge in [0.1, 0.15) is 18.0 Å². The van der Waals surface area contributed by atoms with Crippen LogP contribution in [0, 0.1) is 5.92 Å². The van der Waals surface area contributed by atoms with Gasteiger partial charge in [-0.25, -0.2) is 9.97 Å². The molecule has 2 heterocycles. The molecule has 2 rings (SSSR count). The average molecular weight is 264 g/mol. The van der Waals surface area contributed by atoms with E-state index in [2.05, 4.69) is 28.8 Å². The highest BCUT2D eigenvalue weighted by atomic mass is 16.5. The molecule has 0 aromatic carbocycles. The molecule has 106 valence electrons. The van der Waals surface area contributed by atoms with Crippen LogP contribution in [0.25, 0.3) is 0 Å². The van der Waals surface area contributed by atoms with Crippen molar-refractivity contribution in [1.29, 1.82) is 0 Å². The van der Waals surface area contributed by atoms with Crippen LogP contribution in [0.5, 0.6) is 0 Å². The van der Waals surface area contributed by atoms with Gasteiger partial charge in [-0.15, -0.1) is 0 Å². The number of hydrogen-bond acceptors (Lipinski definition) is 5. The Morgan fingerprint density at radius 1 is 1.47 bits per heavy atom. The minimum atomic E-state index is 0.587. The fourth-order valence-electron chi connectivity index (χ4n) is 2.66. The Bertz CT molecular complexity index is 404. The van der Waals surface area contributed by atoms with E-state index in [4.69, 9.17) is 10.5 Å². The summed E-state index contributed by atoms with van der Waals surface area (Å²) in [6.45, 7) is 4.87. The Morgan fingerprint density at radius 2 is 2.32 bits per heavy atom. The van der Waals surface area contributed by atoms with Crippen molar-refractivity contribution in [1.82, 2.24) is 9.97 Å². The number of anilines is 2. The van der Waals surface area contributed by atoms with Crippen molar-refractivity contribution in [2.75, 3.05) is 37.4 Å². The number of hydrogen-bond donors (Lipinski definition) is 1. The monoisotopic (exact) mass is 264 g/mol. The van der Waals surface area contributed by atoms with Gasteiger partial charge >= 0.3 is 0 Å². The molecular weight excluding hydrogens is 240 g/mol. The highest BCUT2D eigenvalue weighted by molar-refractivity contribution is 5.56. The number of aromatic nitrogens is 2. The van der Waals surface area contributed by atoms with Crippen LogP contribution in [0.1, 0.15) is 31.7 Å². The Labute approximate surface area is 115 Å². The van der Waals surface area contributed by atoms with Gasteiger partial charge in [-0.05, 0) is 25.2 Å². The lowest BCUT2D eigenvalue weighted by atomic mass is 10.0. The molecule has 0 radical (unpaired) electrons. The van der Waals surface area contributed by atoms with Crippen molar-refractivity contribution >= 4 is 11.6 Å². The zero-order chi connectivity index (χ0) is 13.7. The summed E-state index contributed by atoms with van der Waals surface area (Å²) in [6.07, 6.45) is 5.91. The quantitative estimate of drug-likeness (QED) is 0.879. The van der Waals surface area contributed by atoms with E-state index in [0.717, 1.165) is 50.4 Å². The van der Waals surface area contributed by atoms with Crippen LogP contribution in [0.15, 0.2) is 6.33 Å². The first-order valence-corrected chi connectivity index (χ1v) is 7.10. The third-order valence-electron chi connectivity index (χ3n) is 3.60. The van der Waals surface area contributed by atoms with Crippen molar-refractivity contribution in [2.45, 2.75) is 32.6 Å². The number of nitrogen functional groups attached to an aromatic ring is 1. The molecule has 0 spiro atoms. The van der Waals surface area contributed by atoms with E-state index in [1.807, 2.05) is 0 Å². The molecule has 0 aliphatic carbocycles. The van der Waals surface area contributed by atoms with Crippen molar-refractivity contribution < 1.29 is 4.74 Å². The summed E-state index contributed by atoms with van der Waals surface area (Å²) in [5, 5.41) is 0. The molecule has 5 heteroatoms. The minimum absolute atomic E-state index is 0.587. The maximum Gasteiger partial charge on any atom is 0.137 e. The van der Waals surface area contributed by atoms with Crippen molar-refractivity contribution in [3.05, 3.63) is 11.9 Å². The molecule has 2 N–H and O–H groups in total. The number of nitrogens with zero attached hydrogens (tertiary/aromatic N) is 3. The Morgan fingerprint density at radius 3 is 3.00 bits per heavy atom. The van der Waals surface area contributed by atoms with Gasteiger partial charge in [-0.2, -0.15) is 0 Å². The predicted octanol–water partition coefficient (Wildman–Crippen LogP) is 1.87. The topological polar surface area (TPSA) is 64.3 Å². The lowest BCUT2D eigenvalue weighted by Gasteiger charge is -2.29. The van der Waals surface area contributed by atoms with E-state index >= 15 is 0 Å². The van der Waals surface area contributed by atoms with Crippen LogP contribution >= 0.6 is 0 Å². The van der Waals surface area contributed by atoms with Crippen molar-refractivity contribution in [3.63, 3.8) is 0 Å². The fourth-order valence-corrected chi connectivity index (χ4v) is 2.66. The van der Waals surface area contributed by atoms with E-state index in [9.17, 15) is 0 Å². The lowest BCUT2D eigenvalue weighted by Crippen LogP contribution is -2.32. The summed E-state index contributed by atoms with van der Waals surface area (Å²) in [4.78, 5) is 10.7. The molecule has 1 fully saturated rings. The summed E-state index contributed by atoms with van der Waals surface area (Å²) in [5.74, 6) is 2.17. The number of ether oxygens (including phenoxy) is 1. The first kappa shape index (κ1) is 14.1. The molecule has 1 aliphatic rings. The molecule has 19 heavy (non-hydrogen) atoms. The molecule has 1 aromatic heterocycles. The second kappa shape index (κ2) is 6.70. The first-order chi connectivity index (χ1) is 9.22. The van der Waals surface area contributed by atoms with Gasteiger partial charge in [0.15, 0.2) is 0 Å². The van der Waals surface area contributed by atoms with E-state index < -0.39 is 0 Å². The molecule has 5 nitrogen and oxygen atoms in total. The second-order valence-corrected chi connectivity index (χ2v) is 5.27. The maximum atomic E-state index is 5.98. The second-order valence-electron chi connectivity index (χ2n) is 5.27. The zero-order valence-electron chi connectivity index (χ0n) is 11.9. The molecular formula is C14H24N4O. The van der Waals surface area contributed by atoms with E-state index in [0.29, 0.717) is 11.7 Å². The Balaban J connectivity index is 2.08. The molecule has 1 unspecified atom stereocenters. The largest absolute Gasteiger partial charge is 0.383 e. The van der Waals surface area contributed by atoms with Gasteiger partial charge in [0.05, 0.1) is 6.61 Å². The van der Waals surface area contributed by atoms with Gasteiger partial charge in [0.25, 0.3) is 0 Å². The molecule has 0 bridgehead atoms. The van der Waals surface area contributed by atoms with E-state index in [-0.39, 0.29) is 0 Å². The van der Waals surface area contributed by atoms with Crippen LogP contribution in [0.3, 0.4) is 0 Å². The minimum Gasteiger partial charge on any atom is -0.383 e. The normalized spacial score (nSPS) is 19.4. The highest BCUT2D eigenvalue weighted by Gasteiger charge is 2.19. The maximum absolute atomic E-state index is 5.98. The molecule has 1 aliphatic heterocycles. The molecule has 0 amide bonds. The van der Waals surface area contributed by atoms with E-state index in [1.165, 1.54) is 6.42 Å². The third-order valence-corrected chi connectivity index (χ3v) is 3.60. The summed E-state index contributed by atoms with van der Waals surface area (Å²) < 4.78 is 5.54. The SMILES string of the molecule is CCCc1c(N)ncnc1N(C)CC1CCCOC1. The van der Waals surface area contributed by atoms with Crippen LogP contribution in [-0.2, 0) is 11.2 Å². The third kappa shape index (κ3) is 3.56. The van der Waals surface area contributed by atoms with Crippen LogP contribution in [-0.4, -0.2) is 36.8 Å². The Hall–Kier alpha value is -1.36. The van der Waals surface area contributed by atoms with Gasteiger partial charge in [-0.3, -0.25) is 0 Å². The Kier molecular flexibility index (Phi) is 4.96. The first-order valence-electron chi connectivity index (χ1n) is 7.10. The molecule has 1 saturated heterocycles. The smallest absolute Gasteiger partial charge is 0.137 e. The zero-order valence-corrected chi connectivity index (χ0v) is 11.9.